The number of pyridine rings is 1. The van der Waals surface area contributed by atoms with Crippen LogP contribution < -0.4 is 9.47 Å². The second kappa shape index (κ2) is 5.97. The number of likely N-dealkylation sites (tertiary alicyclic amines) is 1. The van der Waals surface area contributed by atoms with Crippen molar-refractivity contribution < 1.29 is 9.47 Å². The van der Waals surface area contributed by atoms with Gasteiger partial charge in [0.2, 0.25) is 0 Å². The molecule has 1 fully saturated rings. The minimum Gasteiger partial charge on any atom is -0.486 e. The van der Waals surface area contributed by atoms with Crippen molar-refractivity contribution in [1.29, 1.82) is 0 Å². The van der Waals surface area contributed by atoms with Gasteiger partial charge in [0, 0.05) is 24.3 Å². The van der Waals surface area contributed by atoms with Crippen molar-refractivity contribution in [1.82, 2.24) is 9.88 Å². The lowest BCUT2D eigenvalue weighted by Crippen LogP contribution is -2.25. The first-order valence-electron chi connectivity index (χ1n) is 7.94. The highest BCUT2D eigenvalue weighted by Gasteiger charge is 2.30. The second-order valence-electron chi connectivity index (χ2n) is 5.82. The first-order chi connectivity index (χ1) is 10.9. The molecule has 0 radical (unpaired) electrons. The van der Waals surface area contributed by atoms with Gasteiger partial charge in [-0.05, 0) is 37.6 Å². The van der Waals surface area contributed by atoms with Crippen molar-refractivity contribution in [2.75, 3.05) is 19.8 Å². The monoisotopic (exact) mass is 296 g/mol. The van der Waals surface area contributed by atoms with Gasteiger partial charge in [-0.25, -0.2) is 0 Å². The summed E-state index contributed by atoms with van der Waals surface area (Å²) in [6.45, 7) is 3.26. The molecule has 4 heteroatoms. The van der Waals surface area contributed by atoms with Crippen molar-refractivity contribution >= 4 is 0 Å². The summed E-state index contributed by atoms with van der Waals surface area (Å²) in [5.74, 6) is 1.82. The van der Waals surface area contributed by atoms with Crippen LogP contribution in [0, 0.1) is 0 Å². The Morgan fingerprint density at radius 2 is 2.05 bits per heavy atom. The summed E-state index contributed by atoms with van der Waals surface area (Å²) in [6.07, 6.45) is 4.23. The van der Waals surface area contributed by atoms with Crippen LogP contribution in [0.25, 0.3) is 0 Å². The van der Waals surface area contributed by atoms with Crippen LogP contribution in [0.4, 0.5) is 0 Å². The summed E-state index contributed by atoms with van der Waals surface area (Å²) < 4.78 is 11.6. The number of rotatable bonds is 3. The zero-order chi connectivity index (χ0) is 14.8. The SMILES string of the molecule is c1ccc(CN2CCCC2c2cccc3c2OCCO3)nc1. The molecule has 0 saturated carbocycles. The molecule has 2 aliphatic rings. The van der Waals surface area contributed by atoms with Crippen LogP contribution in [0.3, 0.4) is 0 Å². The van der Waals surface area contributed by atoms with Crippen LogP contribution in [0.15, 0.2) is 42.6 Å². The average Bonchev–Trinajstić information content (AvgIpc) is 3.03. The Balaban J connectivity index is 1.61. The molecular formula is C18H20N2O2. The highest BCUT2D eigenvalue weighted by Crippen LogP contribution is 2.43. The molecule has 114 valence electrons. The Hall–Kier alpha value is -2.07. The smallest absolute Gasteiger partial charge is 0.166 e. The largest absolute Gasteiger partial charge is 0.486 e. The summed E-state index contributed by atoms with van der Waals surface area (Å²) in [5.41, 5.74) is 2.38. The van der Waals surface area contributed by atoms with Crippen molar-refractivity contribution in [2.45, 2.75) is 25.4 Å². The predicted octanol–water partition coefficient (Wildman–Crippen LogP) is 3.19. The van der Waals surface area contributed by atoms with Gasteiger partial charge < -0.3 is 9.47 Å². The Morgan fingerprint density at radius 1 is 1.09 bits per heavy atom. The van der Waals surface area contributed by atoms with Gasteiger partial charge in [0.15, 0.2) is 11.5 Å². The fraction of sp³-hybridized carbons (Fsp3) is 0.389. The third kappa shape index (κ3) is 2.55. The van der Waals surface area contributed by atoms with Crippen LogP contribution in [-0.2, 0) is 6.54 Å². The zero-order valence-electron chi connectivity index (χ0n) is 12.6. The molecule has 0 bridgehead atoms. The maximum Gasteiger partial charge on any atom is 0.166 e. The van der Waals surface area contributed by atoms with Gasteiger partial charge in [-0.2, -0.15) is 0 Å². The number of benzene rings is 1. The number of ether oxygens (including phenoxy) is 2. The van der Waals surface area contributed by atoms with Gasteiger partial charge in [-0.15, -0.1) is 0 Å². The lowest BCUT2D eigenvalue weighted by molar-refractivity contribution is 0.163. The first-order valence-corrected chi connectivity index (χ1v) is 7.94. The van der Waals surface area contributed by atoms with E-state index in [1.807, 2.05) is 18.3 Å². The summed E-state index contributed by atoms with van der Waals surface area (Å²) in [4.78, 5) is 6.96. The summed E-state index contributed by atoms with van der Waals surface area (Å²) >= 11 is 0. The molecule has 2 aromatic rings. The second-order valence-corrected chi connectivity index (χ2v) is 5.82. The molecule has 0 aliphatic carbocycles. The van der Waals surface area contributed by atoms with Crippen molar-refractivity contribution in [3.05, 3.63) is 53.9 Å². The molecule has 1 unspecified atom stereocenters. The van der Waals surface area contributed by atoms with Crippen LogP contribution in [-0.4, -0.2) is 29.6 Å². The standard InChI is InChI=1S/C18H20N2O2/c1-2-9-19-14(5-1)13-20-10-4-7-16(20)15-6-3-8-17-18(15)22-12-11-21-17/h1-3,5-6,8-9,16H,4,7,10-13H2. The third-order valence-corrected chi connectivity index (χ3v) is 4.41. The molecular weight excluding hydrogens is 276 g/mol. The highest BCUT2D eigenvalue weighted by molar-refractivity contribution is 5.49. The number of hydrogen-bond acceptors (Lipinski definition) is 4. The average molecular weight is 296 g/mol. The van der Waals surface area contributed by atoms with Gasteiger partial charge >= 0.3 is 0 Å². The van der Waals surface area contributed by atoms with Crippen LogP contribution in [0.1, 0.15) is 30.1 Å². The van der Waals surface area contributed by atoms with E-state index in [2.05, 4.69) is 34.1 Å². The lowest BCUT2D eigenvalue weighted by Gasteiger charge is -2.28. The molecule has 1 atom stereocenters. The van der Waals surface area contributed by atoms with E-state index < -0.39 is 0 Å². The molecule has 22 heavy (non-hydrogen) atoms. The van der Waals surface area contributed by atoms with Gasteiger partial charge in [0.05, 0.1) is 5.69 Å². The maximum atomic E-state index is 5.90. The maximum absolute atomic E-state index is 5.90. The molecule has 1 aromatic carbocycles. The van der Waals surface area contributed by atoms with E-state index in [-0.39, 0.29) is 0 Å². The topological polar surface area (TPSA) is 34.6 Å². The highest BCUT2D eigenvalue weighted by atomic mass is 16.6. The van der Waals surface area contributed by atoms with Gasteiger partial charge in [0.25, 0.3) is 0 Å². The Kier molecular flexibility index (Phi) is 3.69. The number of aromatic nitrogens is 1. The van der Waals surface area contributed by atoms with E-state index >= 15 is 0 Å². The van der Waals surface area contributed by atoms with Gasteiger partial charge in [0.1, 0.15) is 13.2 Å². The molecule has 2 aliphatic heterocycles. The summed E-state index contributed by atoms with van der Waals surface area (Å²) in [5, 5.41) is 0. The van der Waals surface area contributed by atoms with E-state index in [4.69, 9.17) is 9.47 Å². The van der Waals surface area contributed by atoms with Crippen LogP contribution in [0.2, 0.25) is 0 Å². The molecule has 0 amide bonds. The van der Waals surface area contributed by atoms with Gasteiger partial charge in [-0.1, -0.05) is 18.2 Å². The van der Waals surface area contributed by atoms with Crippen molar-refractivity contribution in [3.8, 4) is 11.5 Å². The number of nitrogens with zero attached hydrogens (tertiary/aromatic N) is 2. The number of fused-ring (bicyclic) bond motifs is 1. The molecule has 4 nitrogen and oxygen atoms in total. The lowest BCUT2D eigenvalue weighted by atomic mass is 10.0. The molecule has 0 N–H and O–H groups in total. The van der Waals surface area contributed by atoms with Crippen LogP contribution in [0.5, 0.6) is 11.5 Å². The minimum atomic E-state index is 0.388. The molecule has 3 heterocycles. The number of hydrogen-bond donors (Lipinski definition) is 0. The summed E-state index contributed by atoms with van der Waals surface area (Å²) in [7, 11) is 0. The van der Waals surface area contributed by atoms with E-state index in [1.54, 1.807) is 0 Å². The van der Waals surface area contributed by atoms with Crippen molar-refractivity contribution in [3.63, 3.8) is 0 Å². The predicted molar refractivity (Wildman–Crippen MR) is 84.1 cm³/mol. The Labute approximate surface area is 130 Å². The van der Waals surface area contributed by atoms with Crippen molar-refractivity contribution in [2.24, 2.45) is 0 Å². The van der Waals surface area contributed by atoms with Gasteiger partial charge in [-0.3, -0.25) is 9.88 Å². The van der Waals surface area contributed by atoms with Crippen LogP contribution >= 0.6 is 0 Å². The molecule has 1 aromatic heterocycles. The first kappa shape index (κ1) is 13.6. The molecule has 4 rings (SSSR count). The Bertz CT molecular complexity index is 645. The summed E-state index contributed by atoms with van der Waals surface area (Å²) in [6, 6.07) is 12.7. The molecule has 0 spiro atoms. The number of para-hydroxylation sites is 1. The van der Waals surface area contributed by atoms with E-state index in [0.717, 1.165) is 36.7 Å². The third-order valence-electron chi connectivity index (χ3n) is 4.41. The fourth-order valence-corrected chi connectivity index (χ4v) is 3.43. The molecule has 1 saturated heterocycles. The Morgan fingerprint density at radius 3 is 2.95 bits per heavy atom. The van der Waals surface area contributed by atoms with E-state index in [9.17, 15) is 0 Å². The fourth-order valence-electron chi connectivity index (χ4n) is 3.43. The quantitative estimate of drug-likeness (QED) is 0.871. The van der Waals surface area contributed by atoms with E-state index in [0.29, 0.717) is 19.3 Å². The van der Waals surface area contributed by atoms with E-state index in [1.165, 1.54) is 12.0 Å². The zero-order valence-corrected chi connectivity index (χ0v) is 12.6. The normalized spacial score (nSPS) is 21.0. The minimum absolute atomic E-state index is 0.388.